The Morgan fingerprint density at radius 1 is 1.47 bits per heavy atom. The molecule has 3 unspecified atom stereocenters. The third-order valence-corrected chi connectivity index (χ3v) is 3.14. The van der Waals surface area contributed by atoms with Crippen LogP contribution in [0.1, 0.15) is 46.5 Å². The average Bonchev–Trinajstić information content (AvgIpc) is 2.93. The van der Waals surface area contributed by atoms with Gasteiger partial charge in [0.1, 0.15) is 0 Å². The van der Waals surface area contributed by atoms with Crippen LogP contribution in [-0.2, 0) is 0 Å². The van der Waals surface area contributed by atoms with Crippen molar-refractivity contribution in [1.82, 2.24) is 10.6 Å². The van der Waals surface area contributed by atoms with Gasteiger partial charge in [-0.3, -0.25) is 0 Å². The van der Waals surface area contributed by atoms with Gasteiger partial charge in [-0.05, 0) is 31.1 Å². The number of urea groups is 1. The van der Waals surface area contributed by atoms with Crippen LogP contribution in [0.3, 0.4) is 0 Å². The minimum absolute atomic E-state index is 0.142. The van der Waals surface area contributed by atoms with E-state index in [9.17, 15) is 9.90 Å². The molecule has 1 saturated carbocycles. The SMILES string of the molecule is CCCC1CC1NC(=O)NCC(O)CC(C)C. The van der Waals surface area contributed by atoms with Crippen molar-refractivity contribution in [3.63, 3.8) is 0 Å². The van der Waals surface area contributed by atoms with Crippen LogP contribution in [0, 0.1) is 11.8 Å². The molecule has 1 fully saturated rings. The highest BCUT2D eigenvalue weighted by Crippen LogP contribution is 2.34. The number of aliphatic hydroxyl groups is 1. The smallest absolute Gasteiger partial charge is 0.315 e. The normalized spacial score (nSPS) is 24.5. The molecule has 100 valence electrons. The fourth-order valence-corrected chi connectivity index (χ4v) is 2.17. The fraction of sp³-hybridized carbons (Fsp3) is 0.923. The van der Waals surface area contributed by atoms with E-state index in [1.807, 2.05) is 0 Å². The van der Waals surface area contributed by atoms with Crippen molar-refractivity contribution in [1.29, 1.82) is 0 Å². The third-order valence-electron chi connectivity index (χ3n) is 3.14. The van der Waals surface area contributed by atoms with Gasteiger partial charge in [0.15, 0.2) is 0 Å². The van der Waals surface area contributed by atoms with Crippen LogP contribution in [0.2, 0.25) is 0 Å². The van der Waals surface area contributed by atoms with E-state index in [0.717, 1.165) is 12.8 Å². The lowest BCUT2D eigenvalue weighted by atomic mass is 10.1. The van der Waals surface area contributed by atoms with E-state index in [0.29, 0.717) is 24.4 Å². The first-order valence-electron chi connectivity index (χ1n) is 6.75. The fourth-order valence-electron chi connectivity index (χ4n) is 2.17. The van der Waals surface area contributed by atoms with Crippen molar-refractivity contribution in [2.75, 3.05) is 6.54 Å². The minimum Gasteiger partial charge on any atom is -0.391 e. The van der Waals surface area contributed by atoms with Gasteiger partial charge in [-0.2, -0.15) is 0 Å². The van der Waals surface area contributed by atoms with Crippen molar-refractivity contribution >= 4 is 6.03 Å². The van der Waals surface area contributed by atoms with Crippen LogP contribution in [0.25, 0.3) is 0 Å². The summed E-state index contributed by atoms with van der Waals surface area (Å²) in [4.78, 5) is 11.5. The molecule has 1 rings (SSSR count). The molecule has 0 radical (unpaired) electrons. The molecule has 0 heterocycles. The quantitative estimate of drug-likeness (QED) is 0.638. The van der Waals surface area contributed by atoms with Crippen LogP contribution < -0.4 is 10.6 Å². The van der Waals surface area contributed by atoms with Crippen LogP contribution in [0.5, 0.6) is 0 Å². The minimum atomic E-state index is -0.439. The van der Waals surface area contributed by atoms with E-state index in [2.05, 4.69) is 31.4 Å². The maximum absolute atomic E-state index is 11.5. The lowest BCUT2D eigenvalue weighted by molar-refractivity contribution is 0.146. The lowest BCUT2D eigenvalue weighted by Crippen LogP contribution is -2.41. The second-order valence-electron chi connectivity index (χ2n) is 5.53. The Kier molecular flexibility index (Phi) is 5.75. The molecule has 0 aliphatic heterocycles. The first kappa shape index (κ1) is 14.3. The molecule has 17 heavy (non-hydrogen) atoms. The van der Waals surface area contributed by atoms with Crippen LogP contribution in [-0.4, -0.2) is 29.8 Å². The number of rotatable bonds is 7. The van der Waals surface area contributed by atoms with Gasteiger partial charge in [-0.1, -0.05) is 27.2 Å². The zero-order chi connectivity index (χ0) is 12.8. The summed E-state index contributed by atoms with van der Waals surface area (Å²) in [6.45, 7) is 6.62. The average molecular weight is 242 g/mol. The number of nitrogens with one attached hydrogen (secondary N) is 2. The standard InChI is InChI=1S/C13H26N2O2/c1-4-5-10-7-12(10)15-13(17)14-8-11(16)6-9(2)3/h9-12,16H,4-8H2,1-3H3,(H2,14,15,17). The predicted molar refractivity (Wildman–Crippen MR) is 68.8 cm³/mol. The van der Waals surface area contributed by atoms with E-state index in [4.69, 9.17) is 0 Å². The molecule has 2 amide bonds. The van der Waals surface area contributed by atoms with E-state index in [1.165, 1.54) is 12.8 Å². The molecule has 1 aliphatic rings. The number of amides is 2. The summed E-state index contributed by atoms with van der Waals surface area (Å²) < 4.78 is 0. The molecular weight excluding hydrogens is 216 g/mol. The molecule has 0 aromatic heterocycles. The van der Waals surface area contributed by atoms with Crippen LogP contribution in [0.4, 0.5) is 4.79 Å². The van der Waals surface area contributed by atoms with Crippen molar-refractivity contribution in [2.45, 2.75) is 58.6 Å². The Morgan fingerprint density at radius 3 is 2.76 bits per heavy atom. The Bertz CT molecular complexity index is 244. The number of carbonyl (C=O) groups excluding carboxylic acids is 1. The second-order valence-corrected chi connectivity index (χ2v) is 5.53. The molecule has 3 N–H and O–H groups in total. The van der Waals surface area contributed by atoms with Crippen molar-refractivity contribution in [3.05, 3.63) is 0 Å². The maximum Gasteiger partial charge on any atom is 0.315 e. The van der Waals surface area contributed by atoms with E-state index in [-0.39, 0.29) is 6.03 Å². The van der Waals surface area contributed by atoms with Crippen molar-refractivity contribution in [3.8, 4) is 0 Å². The van der Waals surface area contributed by atoms with E-state index in [1.54, 1.807) is 0 Å². The monoisotopic (exact) mass is 242 g/mol. The second kappa shape index (κ2) is 6.84. The van der Waals surface area contributed by atoms with Gasteiger partial charge < -0.3 is 15.7 Å². The molecule has 0 aromatic rings. The highest BCUT2D eigenvalue weighted by molar-refractivity contribution is 5.74. The zero-order valence-electron chi connectivity index (χ0n) is 11.2. The van der Waals surface area contributed by atoms with Gasteiger partial charge in [-0.15, -0.1) is 0 Å². The molecule has 3 atom stereocenters. The molecule has 0 saturated heterocycles. The lowest BCUT2D eigenvalue weighted by Gasteiger charge is -2.14. The van der Waals surface area contributed by atoms with Crippen molar-refractivity contribution in [2.24, 2.45) is 11.8 Å². The molecule has 0 spiro atoms. The zero-order valence-corrected chi connectivity index (χ0v) is 11.2. The summed E-state index contributed by atoms with van der Waals surface area (Å²) >= 11 is 0. The third kappa shape index (κ3) is 5.91. The largest absolute Gasteiger partial charge is 0.391 e. The Morgan fingerprint density at radius 2 is 2.18 bits per heavy atom. The number of hydrogen-bond donors (Lipinski definition) is 3. The van der Waals surface area contributed by atoms with Crippen LogP contribution in [0.15, 0.2) is 0 Å². The van der Waals surface area contributed by atoms with E-state index < -0.39 is 6.10 Å². The first-order valence-corrected chi connectivity index (χ1v) is 6.75. The highest BCUT2D eigenvalue weighted by Gasteiger charge is 2.37. The summed E-state index contributed by atoms with van der Waals surface area (Å²) in [5.74, 6) is 1.12. The van der Waals surface area contributed by atoms with Crippen molar-refractivity contribution < 1.29 is 9.90 Å². The molecular formula is C13H26N2O2. The number of carbonyl (C=O) groups is 1. The summed E-state index contributed by atoms with van der Waals surface area (Å²) in [7, 11) is 0. The molecule has 0 bridgehead atoms. The Hall–Kier alpha value is -0.770. The molecule has 0 aromatic carbocycles. The summed E-state index contributed by atoms with van der Waals surface area (Å²) in [5, 5.41) is 15.3. The Balaban J connectivity index is 2.06. The number of hydrogen-bond acceptors (Lipinski definition) is 2. The van der Waals surface area contributed by atoms with Gasteiger partial charge in [0.05, 0.1) is 6.10 Å². The molecule has 4 heteroatoms. The van der Waals surface area contributed by atoms with Gasteiger partial charge in [0, 0.05) is 12.6 Å². The van der Waals surface area contributed by atoms with Gasteiger partial charge >= 0.3 is 6.03 Å². The van der Waals surface area contributed by atoms with E-state index >= 15 is 0 Å². The number of aliphatic hydroxyl groups excluding tert-OH is 1. The topological polar surface area (TPSA) is 61.4 Å². The summed E-state index contributed by atoms with van der Waals surface area (Å²) in [6, 6.07) is 0.216. The summed E-state index contributed by atoms with van der Waals surface area (Å²) in [6.07, 6.45) is 3.77. The van der Waals surface area contributed by atoms with Crippen LogP contribution >= 0.6 is 0 Å². The predicted octanol–water partition coefficient (Wildman–Crippen LogP) is 1.88. The van der Waals surface area contributed by atoms with Gasteiger partial charge in [0.25, 0.3) is 0 Å². The van der Waals surface area contributed by atoms with Gasteiger partial charge in [-0.25, -0.2) is 4.79 Å². The molecule has 4 nitrogen and oxygen atoms in total. The molecule has 1 aliphatic carbocycles. The van der Waals surface area contributed by atoms with Gasteiger partial charge in [0.2, 0.25) is 0 Å². The maximum atomic E-state index is 11.5. The highest BCUT2D eigenvalue weighted by atomic mass is 16.3. The first-order chi connectivity index (χ1) is 8.02. The summed E-state index contributed by atoms with van der Waals surface area (Å²) in [5.41, 5.74) is 0. The Labute approximate surface area is 104 Å².